The molecule has 1 heterocycles. The van der Waals surface area contributed by atoms with Crippen molar-refractivity contribution >= 4 is 16.6 Å². The maximum Gasteiger partial charge on any atom is 0.0719 e. The van der Waals surface area contributed by atoms with E-state index in [1.54, 1.807) is 7.11 Å². The third kappa shape index (κ3) is 4.45. The van der Waals surface area contributed by atoms with Gasteiger partial charge < -0.3 is 19.8 Å². The highest BCUT2D eigenvalue weighted by molar-refractivity contribution is 5.95. The van der Waals surface area contributed by atoms with Gasteiger partial charge in [-0.05, 0) is 42.7 Å². The van der Waals surface area contributed by atoms with Gasteiger partial charge in [0.05, 0.1) is 31.0 Å². The molecule has 0 saturated carbocycles. The molecule has 0 aliphatic carbocycles. The number of anilines is 1. The molecule has 26 heavy (non-hydrogen) atoms. The Morgan fingerprint density at radius 3 is 2.62 bits per heavy atom. The minimum Gasteiger partial charge on any atom is -0.382 e. The molecular weight excluding hydrogens is 324 g/mol. The Morgan fingerprint density at radius 2 is 1.88 bits per heavy atom. The van der Waals surface area contributed by atoms with Crippen LogP contribution in [-0.4, -0.2) is 31.3 Å². The quantitative estimate of drug-likeness (QED) is 0.520. The summed E-state index contributed by atoms with van der Waals surface area (Å²) in [6, 6.07) is 17.4. The first kappa shape index (κ1) is 18.5. The zero-order valence-corrected chi connectivity index (χ0v) is 15.8. The second-order valence-corrected chi connectivity index (χ2v) is 6.66. The SMILES string of the molecule is CCC(C)Nc1cc(COCCOC)cc2cc(-c3ccccc3)[nH]c12. The van der Waals surface area contributed by atoms with Gasteiger partial charge in [-0.25, -0.2) is 0 Å². The second kappa shape index (κ2) is 8.88. The largest absolute Gasteiger partial charge is 0.382 e. The van der Waals surface area contributed by atoms with Crippen LogP contribution in [0.5, 0.6) is 0 Å². The Bertz CT molecular complexity index is 827. The van der Waals surface area contributed by atoms with Gasteiger partial charge in [-0.1, -0.05) is 37.3 Å². The molecular formula is C22H28N2O2. The van der Waals surface area contributed by atoms with Crippen LogP contribution in [0, 0.1) is 0 Å². The molecule has 0 aliphatic heterocycles. The molecule has 2 aromatic carbocycles. The van der Waals surface area contributed by atoms with Gasteiger partial charge in [0.15, 0.2) is 0 Å². The molecule has 3 aromatic rings. The number of aromatic amines is 1. The summed E-state index contributed by atoms with van der Waals surface area (Å²) in [4.78, 5) is 3.59. The lowest BCUT2D eigenvalue weighted by molar-refractivity contribution is 0.0617. The number of ether oxygens (including phenoxy) is 2. The third-order valence-electron chi connectivity index (χ3n) is 4.59. The highest BCUT2D eigenvalue weighted by Crippen LogP contribution is 2.31. The number of benzene rings is 2. The predicted molar refractivity (Wildman–Crippen MR) is 109 cm³/mol. The molecule has 0 fully saturated rings. The van der Waals surface area contributed by atoms with Crippen LogP contribution in [0.25, 0.3) is 22.2 Å². The van der Waals surface area contributed by atoms with Gasteiger partial charge in [0.25, 0.3) is 0 Å². The number of methoxy groups -OCH3 is 1. The van der Waals surface area contributed by atoms with Crippen LogP contribution in [0.4, 0.5) is 5.69 Å². The molecule has 1 unspecified atom stereocenters. The van der Waals surface area contributed by atoms with Crippen molar-refractivity contribution in [1.29, 1.82) is 0 Å². The van der Waals surface area contributed by atoms with Gasteiger partial charge >= 0.3 is 0 Å². The fourth-order valence-electron chi connectivity index (χ4n) is 2.98. The van der Waals surface area contributed by atoms with Crippen molar-refractivity contribution in [1.82, 2.24) is 4.98 Å². The van der Waals surface area contributed by atoms with E-state index in [4.69, 9.17) is 9.47 Å². The summed E-state index contributed by atoms with van der Waals surface area (Å²) in [5.74, 6) is 0. The number of aromatic nitrogens is 1. The van der Waals surface area contributed by atoms with E-state index in [9.17, 15) is 0 Å². The van der Waals surface area contributed by atoms with Crippen LogP contribution in [0.2, 0.25) is 0 Å². The Hall–Kier alpha value is -2.30. The van der Waals surface area contributed by atoms with Gasteiger partial charge in [0, 0.05) is 24.2 Å². The van der Waals surface area contributed by atoms with Crippen molar-refractivity contribution in [2.24, 2.45) is 0 Å². The summed E-state index contributed by atoms with van der Waals surface area (Å²) in [6.45, 7) is 6.19. The van der Waals surface area contributed by atoms with Crippen molar-refractivity contribution in [3.8, 4) is 11.3 Å². The fraction of sp³-hybridized carbons (Fsp3) is 0.364. The zero-order valence-electron chi connectivity index (χ0n) is 15.8. The number of H-pyrrole nitrogens is 1. The van der Waals surface area contributed by atoms with Crippen LogP contribution in [0.1, 0.15) is 25.8 Å². The monoisotopic (exact) mass is 352 g/mol. The summed E-state index contributed by atoms with van der Waals surface area (Å²) in [6.07, 6.45) is 1.07. The smallest absolute Gasteiger partial charge is 0.0719 e. The van der Waals surface area contributed by atoms with Gasteiger partial charge in [0.1, 0.15) is 0 Å². The maximum absolute atomic E-state index is 5.72. The third-order valence-corrected chi connectivity index (χ3v) is 4.59. The molecule has 0 bridgehead atoms. The Kier molecular flexibility index (Phi) is 6.31. The van der Waals surface area contributed by atoms with Crippen molar-refractivity contribution in [3.05, 3.63) is 54.1 Å². The molecule has 1 atom stereocenters. The van der Waals surface area contributed by atoms with E-state index in [0.717, 1.165) is 28.9 Å². The molecule has 0 saturated heterocycles. The Labute approximate surface area is 155 Å². The zero-order chi connectivity index (χ0) is 18.4. The second-order valence-electron chi connectivity index (χ2n) is 6.66. The van der Waals surface area contributed by atoms with Crippen LogP contribution < -0.4 is 5.32 Å². The molecule has 0 amide bonds. The molecule has 4 nitrogen and oxygen atoms in total. The highest BCUT2D eigenvalue weighted by atomic mass is 16.5. The normalized spacial score (nSPS) is 12.4. The van der Waals surface area contributed by atoms with E-state index in [2.05, 4.69) is 66.6 Å². The standard InChI is InChI=1S/C22H28N2O2/c1-4-16(2)23-21-13-17(15-26-11-10-25-3)12-19-14-20(24-22(19)21)18-8-6-5-7-9-18/h5-9,12-14,16,23-24H,4,10-11,15H2,1-3H3. The molecule has 0 radical (unpaired) electrons. The van der Waals surface area contributed by atoms with Gasteiger partial charge in [-0.15, -0.1) is 0 Å². The van der Waals surface area contributed by atoms with Crippen molar-refractivity contribution < 1.29 is 9.47 Å². The summed E-state index contributed by atoms with van der Waals surface area (Å²) >= 11 is 0. The first-order valence-corrected chi connectivity index (χ1v) is 9.25. The van der Waals surface area contributed by atoms with Crippen molar-refractivity contribution in [3.63, 3.8) is 0 Å². The average molecular weight is 352 g/mol. The Morgan fingerprint density at radius 1 is 1.08 bits per heavy atom. The fourth-order valence-corrected chi connectivity index (χ4v) is 2.98. The van der Waals surface area contributed by atoms with E-state index in [1.807, 2.05) is 6.07 Å². The molecule has 1 aromatic heterocycles. The summed E-state index contributed by atoms with van der Waals surface area (Å²) in [5.41, 5.74) is 5.76. The molecule has 138 valence electrons. The molecule has 3 rings (SSSR count). The molecule has 0 spiro atoms. The number of hydrogen-bond donors (Lipinski definition) is 2. The number of fused-ring (bicyclic) bond motifs is 1. The minimum atomic E-state index is 0.409. The minimum absolute atomic E-state index is 0.409. The average Bonchev–Trinajstić information content (AvgIpc) is 3.10. The first-order valence-electron chi connectivity index (χ1n) is 9.25. The highest BCUT2D eigenvalue weighted by Gasteiger charge is 2.11. The molecule has 0 aliphatic rings. The predicted octanol–water partition coefficient (Wildman–Crippen LogP) is 5.21. The van der Waals surface area contributed by atoms with E-state index in [0.29, 0.717) is 25.9 Å². The maximum atomic E-state index is 5.72. The van der Waals surface area contributed by atoms with E-state index >= 15 is 0 Å². The van der Waals surface area contributed by atoms with Gasteiger partial charge in [0.2, 0.25) is 0 Å². The van der Waals surface area contributed by atoms with Crippen molar-refractivity contribution in [2.75, 3.05) is 25.6 Å². The number of hydrogen-bond acceptors (Lipinski definition) is 3. The lowest BCUT2D eigenvalue weighted by Gasteiger charge is -2.15. The van der Waals surface area contributed by atoms with E-state index in [-0.39, 0.29) is 0 Å². The first-order chi connectivity index (χ1) is 12.7. The van der Waals surface area contributed by atoms with E-state index < -0.39 is 0 Å². The van der Waals surface area contributed by atoms with Crippen LogP contribution >= 0.6 is 0 Å². The topological polar surface area (TPSA) is 46.3 Å². The van der Waals surface area contributed by atoms with Crippen LogP contribution in [0.15, 0.2) is 48.5 Å². The molecule has 2 N–H and O–H groups in total. The Balaban J connectivity index is 1.94. The van der Waals surface area contributed by atoms with Crippen LogP contribution in [-0.2, 0) is 16.1 Å². The van der Waals surface area contributed by atoms with Gasteiger partial charge in [-0.3, -0.25) is 0 Å². The van der Waals surface area contributed by atoms with Crippen LogP contribution in [0.3, 0.4) is 0 Å². The lowest BCUT2D eigenvalue weighted by Crippen LogP contribution is -2.14. The molecule has 4 heteroatoms. The summed E-state index contributed by atoms with van der Waals surface area (Å²) < 4.78 is 10.8. The van der Waals surface area contributed by atoms with E-state index in [1.165, 1.54) is 10.9 Å². The summed E-state index contributed by atoms with van der Waals surface area (Å²) in [7, 11) is 1.69. The lowest BCUT2D eigenvalue weighted by atomic mass is 10.1. The summed E-state index contributed by atoms with van der Waals surface area (Å²) in [5, 5.41) is 4.83. The number of rotatable bonds is 9. The number of nitrogens with one attached hydrogen (secondary N) is 2. The van der Waals surface area contributed by atoms with Gasteiger partial charge in [-0.2, -0.15) is 0 Å². The van der Waals surface area contributed by atoms with Crippen molar-refractivity contribution in [2.45, 2.75) is 32.9 Å².